The van der Waals surface area contributed by atoms with E-state index in [1.807, 2.05) is 0 Å². The molecule has 0 saturated carbocycles. The Morgan fingerprint density at radius 2 is 2.08 bits per heavy atom. The lowest BCUT2D eigenvalue weighted by Gasteiger charge is -2.18. The zero-order valence-corrected chi connectivity index (χ0v) is 9.55. The fourth-order valence-electron chi connectivity index (χ4n) is 1.33. The third-order valence-corrected chi connectivity index (χ3v) is 1.99. The molecule has 0 bridgehead atoms. The number of rotatable bonds is 6. The second-order valence-electron chi connectivity index (χ2n) is 3.69. The fraction of sp³-hybridized carbons (Fsp3) is 0.818. The molecule has 0 aliphatic carbocycles. The molecule has 2 atom stereocenters. The Labute approximate surface area is 82.4 Å². The number of ether oxygens (including phenoxy) is 1. The van der Waals surface area contributed by atoms with Crippen LogP contribution in [0.5, 0.6) is 0 Å². The van der Waals surface area contributed by atoms with E-state index in [9.17, 15) is 0 Å². The molecule has 0 aliphatic rings. The van der Waals surface area contributed by atoms with Gasteiger partial charge in [0.15, 0.2) is 0 Å². The van der Waals surface area contributed by atoms with Gasteiger partial charge in [-0.2, -0.15) is 0 Å². The number of hydrogen-bond acceptors (Lipinski definition) is 2. The van der Waals surface area contributed by atoms with Gasteiger partial charge in [0.2, 0.25) is 0 Å². The standard InChI is InChI=1S/C11H23NO/c1-6-12-11(7-9(2)3)8-10(4)13-5/h7,10-12H,6,8H2,1-5H3. The average Bonchev–Trinajstić information content (AvgIpc) is 2.03. The summed E-state index contributed by atoms with van der Waals surface area (Å²) in [6, 6.07) is 0.449. The monoisotopic (exact) mass is 185 g/mol. The maximum absolute atomic E-state index is 5.24. The van der Waals surface area contributed by atoms with Crippen LogP contribution < -0.4 is 5.32 Å². The molecule has 13 heavy (non-hydrogen) atoms. The highest BCUT2D eigenvalue weighted by Gasteiger charge is 2.08. The van der Waals surface area contributed by atoms with Crippen molar-refractivity contribution in [3.63, 3.8) is 0 Å². The van der Waals surface area contributed by atoms with E-state index in [1.165, 1.54) is 5.57 Å². The van der Waals surface area contributed by atoms with Crippen LogP contribution >= 0.6 is 0 Å². The van der Waals surface area contributed by atoms with Gasteiger partial charge in [0.05, 0.1) is 6.10 Å². The summed E-state index contributed by atoms with van der Waals surface area (Å²) in [5, 5.41) is 3.42. The summed E-state index contributed by atoms with van der Waals surface area (Å²) in [5.41, 5.74) is 1.36. The summed E-state index contributed by atoms with van der Waals surface area (Å²) in [7, 11) is 1.76. The van der Waals surface area contributed by atoms with E-state index < -0.39 is 0 Å². The molecule has 0 rings (SSSR count). The molecule has 0 heterocycles. The molecule has 0 aromatic heterocycles. The van der Waals surface area contributed by atoms with Crippen LogP contribution in [0.1, 0.15) is 34.1 Å². The first-order valence-corrected chi connectivity index (χ1v) is 5.01. The van der Waals surface area contributed by atoms with E-state index in [4.69, 9.17) is 4.74 Å². The second kappa shape index (κ2) is 7.10. The van der Waals surface area contributed by atoms with Crippen LogP contribution in [0, 0.1) is 0 Å². The molecule has 0 aromatic rings. The summed E-state index contributed by atoms with van der Waals surface area (Å²) in [6.07, 6.45) is 3.62. The van der Waals surface area contributed by atoms with Gasteiger partial charge in [0.25, 0.3) is 0 Å². The van der Waals surface area contributed by atoms with E-state index >= 15 is 0 Å². The largest absolute Gasteiger partial charge is 0.382 e. The first kappa shape index (κ1) is 12.7. The smallest absolute Gasteiger partial charge is 0.0561 e. The molecule has 0 fully saturated rings. The lowest BCUT2D eigenvalue weighted by Crippen LogP contribution is -2.30. The normalized spacial score (nSPS) is 15.2. The van der Waals surface area contributed by atoms with Crippen LogP contribution in [-0.2, 0) is 4.74 Å². The highest BCUT2D eigenvalue weighted by Crippen LogP contribution is 2.05. The van der Waals surface area contributed by atoms with Crippen LogP contribution in [0.15, 0.2) is 11.6 Å². The SMILES string of the molecule is CCNC(C=C(C)C)CC(C)OC. The minimum atomic E-state index is 0.319. The van der Waals surface area contributed by atoms with Crippen molar-refractivity contribution in [2.75, 3.05) is 13.7 Å². The molecule has 0 aliphatic heterocycles. The van der Waals surface area contributed by atoms with Crippen molar-refractivity contribution >= 4 is 0 Å². The Kier molecular flexibility index (Phi) is 6.92. The molecule has 0 spiro atoms. The molecular weight excluding hydrogens is 162 g/mol. The first-order valence-electron chi connectivity index (χ1n) is 5.01. The third kappa shape index (κ3) is 6.79. The number of nitrogens with one attached hydrogen (secondary N) is 1. The molecule has 0 saturated heterocycles. The lowest BCUT2D eigenvalue weighted by atomic mass is 10.1. The molecule has 1 N–H and O–H groups in total. The fourth-order valence-corrected chi connectivity index (χ4v) is 1.33. The molecular formula is C11H23NO. The minimum absolute atomic E-state index is 0.319. The summed E-state index contributed by atoms with van der Waals surface area (Å²) < 4.78 is 5.24. The topological polar surface area (TPSA) is 21.3 Å². The molecule has 0 amide bonds. The Hall–Kier alpha value is -0.340. The first-order chi connectivity index (χ1) is 6.10. The van der Waals surface area contributed by atoms with Gasteiger partial charge in [-0.25, -0.2) is 0 Å². The molecule has 0 aromatic carbocycles. The van der Waals surface area contributed by atoms with Gasteiger partial charge in [-0.1, -0.05) is 18.6 Å². The van der Waals surface area contributed by atoms with Gasteiger partial charge in [0.1, 0.15) is 0 Å². The number of methoxy groups -OCH3 is 1. The van der Waals surface area contributed by atoms with E-state index in [1.54, 1.807) is 7.11 Å². The van der Waals surface area contributed by atoms with Crippen LogP contribution in [0.3, 0.4) is 0 Å². The van der Waals surface area contributed by atoms with Crippen molar-refractivity contribution in [1.82, 2.24) is 5.32 Å². The van der Waals surface area contributed by atoms with Gasteiger partial charge in [0, 0.05) is 13.2 Å². The molecule has 2 unspecified atom stereocenters. The second-order valence-corrected chi connectivity index (χ2v) is 3.69. The molecule has 2 nitrogen and oxygen atoms in total. The van der Waals surface area contributed by atoms with Crippen molar-refractivity contribution in [2.45, 2.75) is 46.3 Å². The van der Waals surface area contributed by atoms with Crippen LogP contribution in [0.2, 0.25) is 0 Å². The van der Waals surface area contributed by atoms with Crippen LogP contribution in [0.4, 0.5) is 0 Å². The molecule has 0 radical (unpaired) electrons. The summed E-state index contributed by atoms with van der Waals surface area (Å²) in [6.45, 7) is 9.49. The van der Waals surface area contributed by atoms with Crippen molar-refractivity contribution in [3.05, 3.63) is 11.6 Å². The third-order valence-electron chi connectivity index (χ3n) is 1.99. The van der Waals surface area contributed by atoms with E-state index in [0.29, 0.717) is 12.1 Å². The van der Waals surface area contributed by atoms with Crippen LogP contribution in [-0.4, -0.2) is 25.8 Å². The molecule has 78 valence electrons. The minimum Gasteiger partial charge on any atom is -0.382 e. The Bertz CT molecular complexity index is 150. The summed E-state index contributed by atoms with van der Waals surface area (Å²) >= 11 is 0. The van der Waals surface area contributed by atoms with E-state index in [0.717, 1.165) is 13.0 Å². The van der Waals surface area contributed by atoms with Gasteiger partial charge in [-0.3, -0.25) is 0 Å². The van der Waals surface area contributed by atoms with Crippen molar-refractivity contribution in [1.29, 1.82) is 0 Å². The van der Waals surface area contributed by atoms with E-state index in [-0.39, 0.29) is 0 Å². The number of likely N-dealkylation sites (N-methyl/N-ethyl adjacent to an activating group) is 1. The average molecular weight is 185 g/mol. The maximum Gasteiger partial charge on any atom is 0.0561 e. The zero-order chi connectivity index (χ0) is 10.3. The Morgan fingerprint density at radius 1 is 1.46 bits per heavy atom. The predicted octanol–water partition coefficient (Wildman–Crippen LogP) is 2.36. The predicted molar refractivity (Wildman–Crippen MR) is 58.0 cm³/mol. The number of hydrogen-bond donors (Lipinski definition) is 1. The van der Waals surface area contributed by atoms with Crippen LogP contribution in [0.25, 0.3) is 0 Å². The van der Waals surface area contributed by atoms with Crippen molar-refractivity contribution in [2.24, 2.45) is 0 Å². The Balaban J connectivity index is 4.01. The van der Waals surface area contributed by atoms with Gasteiger partial charge in [-0.05, 0) is 33.7 Å². The van der Waals surface area contributed by atoms with Gasteiger partial charge < -0.3 is 10.1 Å². The zero-order valence-electron chi connectivity index (χ0n) is 9.55. The van der Waals surface area contributed by atoms with Gasteiger partial charge in [-0.15, -0.1) is 0 Å². The summed E-state index contributed by atoms with van der Waals surface area (Å²) in [4.78, 5) is 0. The quantitative estimate of drug-likeness (QED) is 0.641. The highest BCUT2D eigenvalue weighted by atomic mass is 16.5. The Morgan fingerprint density at radius 3 is 2.46 bits per heavy atom. The number of allylic oxidation sites excluding steroid dienone is 1. The lowest BCUT2D eigenvalue weighted by molar-refractivity contribution is 0.105. The van der Waals surface area contributed by atoms with Crippen molar-refractivity contribution < 1.29 is 4.74 Å². The maximum atomic E-state index is 5.24. The molecule has 2 heteroatoms. The van der Waals surface area contributed by atoms with Gasteiger partial charge >= 0.3 is 0 Å². The van der Waals surface area contributed by atoms with Crippen molar-refractivity contribution in [3.8, 4) is 0 Å². The van der Waals surface area contributed by atoms with E-state index in [2.05, 4.69) is 39.1 Å². The highest BCUT2D eigenvalue weighted by molar-refractivity contribution is 5.01. The summed E-state index contributed by atoms with van der Waals surface area (Å²) in [5.74, 6) is 0.